The van der Waals surface area contributed by atoms with Gasteiger partial charge in [0, 0.05) is 22.3 Å². The summed E-state index contributed by atoms with van der Waals surface area (Å²) in [5.74, 6) is -1.96. The fourth-order valence-electron chi connectivity index (χ4n) is 8.04. The van der Waals surface area contributed by atoms with Crippen LogP contribution < -0.4 is 18.9 Å². The van der Waals surface area contributed by atoms with E-state index in [1.165, 1.54) is 28.4 Å². The fraction of sp³-hybridized carbons (Fsp3) is 0.500. The van der Waals surface area contributed by atoms with Gasteiger partial charge >= 0.3 is 12.4 Å². The van der Waals surface area contributed by atoms with Crippen LogP contribution in [0.2, 0.25) is 0 Å². The van der Waals surface area contributed by atoms with Crippen molar-refractivity contribution >= 4 is 11.6 Å². The summed E-state index contributed by atoms with van der Waals surface area (Å²) in [5, 5.41) is 0. The molecular weight excluding hydrogens is 867 g/mol. The molecule has 8 nitrogen and oxygen atoms in total. The Balaban J connectivity index is 2.21. The standard InChI is InChI=1S/C52H62F6O8/c1-47(2,3)27-17-31-39(59)33-19-28(48(4,5)6)21-35(42(33)62-14)45(65-25-51(53,54)55)37-23-30(50(10,11)12)24-38(44(37)64-16)46(66-26-52(56,57)58)36-22-29(49(7,8)9)20-34(43(36)63-15)40(60)32(18-27)41(31)61-13/h17-24,45-46H,25-26H2,1-16H3/t45-,46+. The largest absolute Gasteiger partial charge is 0.496 e. The monoisotopic (exact) mass is 928 g/mol. The molecule has 0 spiro atoms. The summed E-state index contributed by atoms with van der Waals surface area (Å²) in [4.78, 5) is 31.1. The van der Waals surface area contributed by atoms with Crippen LogP contribution in [0.1, 0.15) is 172 Å². The molecule has 5 rings (SSSR count). The second-order valence-electron chi connectivity index (χ2n) is 20.9. The van der Waals surface area contributed by atoms with Crippen LogP contribution in [0.4, 0.5) is 26.3 Å². The molecule has 0 N–H and O–H groups in total. The van der Waals surface area contributed by atoms with Gasteiger partial charge in [0.05, 0.1) is 50.7 Å². The maximum absolute atomic E-state index is 15.5. The summed E-state index contributed by atoms with van der Waals surface area (Å²) in [6.07, 6.45) is -13.2. The van der Waals surface area contributed by atoms with Crippen LogP contribution in [0.15, 0.2) is 48.5 Å². The minimum Gasteiger partial charge on any atom is -0.496 e. The van der Waals surface area contributed by atoms with Crippen LogP contribution in [0, 0.1) is 0 Å². The lowest BCUT2D eigenvalue weighted by Crippen LogP contribution is -2.25. The lowest BCUT2D eigenvalue weighted by Gasteiger charge is -2.33. The van der Waals surface area contributed by atoms with E-state index in [1.807, 2.05) is 83.1 Å². The van der Waals surface area contributed by atoms with E-state index >= 15 is 9.59 Å². The highest BCUT2D eigenvalue weighted by Gasteiger charge is 2.41. The molecule has 0 radical (unpaired) electrons. The van der Waals surface area contributed by atoms with Crippen LogP contribution in [0.3, 0.4) is 0 Å². The van der Waals surface area contributed by atoms with Gasteiger partial charge in [-0.1, -0.05) is 83.1 Å². The number of ether oxygens (including phenoxy) is 6. The molecule has 0 heterocycles. The fourth-order valence-corrected chi connectivity index (χ4v) is 8.04. The molecule has 1 aliphatic carbocycles. The summed E-state index contributed by atoms with van der Waals surface area (Å²) < 4.78 is 123. The summed E-state index contributed by atoms with van der Waals surface area (Å²) >= 11 is 0. The number of alkyl halides is 6. The Morgan fingerprint density at radius 1 is 0.379 bits per heavy atom. The SMILES string of the molecule is COc1c2cc(C(C)(C)C)cc1C(=O)c1cc(C(C)(C)C)cc(c1OC)[C@H](OCC(F)(F)F)c1cc(C(C)(C)C)cc(c1OC)[C@H](OCC(F)(F)F)c1cc(C(C)(C)C)cc(c1OC)C2=O. The molecule has 0 unspecified atom stereocenters. The summed E-state index contributed by atoms with van der Waals surface area (Å²) in [6.45, 7) is 18.7. The normalized spacial score (nSPS) is 16.3. The van der Waals surface area contributed by atoms with E-state index in [1.54, 1.807) is 48.5 Å². The van der Waals surface area contributed by atoms with Crippen molar-refractivity contribution in [3.63, 3.8) is 0 Å². The van der Waals surface area contributed by atoms with Gasteiger partial charge in [-0.15, -0.1) is 0 Å². The van der Waals surface area contributed by atoms with Gasteiger partial charge in [-0.3, -0.25) is 9.59 Å². The molecule has 0 aliphatic heterocycles. The Labute approximate surface area is 384 Å². The molecule has 8 bridgehead atoms. The molecule has 14 heteroatoms. The Kier molecular flexibility index (Phi) is 14.3. The molecule has 0 fully saturated rings. The molecular formula is C52H62F6O8. The molecule has 0 saturated carbocycles. The number of carbonyl (C=O) groups excluding carboxylic acids is 2. The van der Waals surface area contributed by atoms with Crippen molar-refractivity contribution in [1.82, 2.24) is 0 Å². The molecule has 0 amide bonds. The molecule has 2 atom stereocenters. The van der Waals surface area contributed by atoms with Crippen molar-refractivity contribution < 1.29 is 64.4 Å². The summed E-state index contributed by atoms with van der Waals surface area (Å²) in [7, 11) is 5.07. The van der Waals surface area contributed by atoms with Gasteiger partial charge in [-0.2, -0.15) is 26.3 Å². The quantitative estimate of drug-likeness (QED) is 0.161. The van der Waals surface area contributed by atoms with E-state index in [2.05, 4.69) is 0 Å². The zero-order chi connectivity index (χ0) is 49.9. The van der Waals surface area contributed by atoms with Crippen LogP contribution in [0.25, 0.3) is 0 Å². The van der Waals surface area contributed by atoms with Gasteiger partial charge in [0.15, 0.2) is 0 Å². The third-order valence-electron chi connectivity index (χ3n) is 11.7. The number of benzene rings is 4. The number of rotatable bonds is 8. The van der Waals surface area contributed by atoms with Gasteiger partial charge in [0.1, 0.15) is 48.4 Å². The number of ketones is 2. The van der Waals surface area contributed by atoms with Crippen molar-refractivity contribution in [2.45, 2.75) is 129 Å². The highest BCUT2D eigenvalue weighted by molar-refractivity contribution is 6.18. The second-order valence-corrected chi connectivity index (χ2v) is 20.9. The highest BCUT2D eigenvalue weighted by atomic mass is 19.4. The van der Waals surface area contributed by atoms with Crippen LogP contribution >= 0.6 is 0 Å². The van der Waals surface area contributed by atoms with Crippen molar-refractivity contribution in [3.05, 3.63) is 115 Å². The number of carbonyl (C=O) groups is 2. The molecule has 0 saturated heterocycles. The van der Waals surface area contributed by atoms with Crippen molar-refractivity contribution in [2.24, 2.45) is 0 Å². The third kappa shape index (κ3) is 10.9. The van der Waals surface area contributed by atoms with Crippen LogP contribution in [0.5, 0.6) is 23.0 Å². The maximum Gasteiger partial charge on any atom is 0.411 e. The molecule has 1 aliphatic rings. The summed E-state index contributed by atoms with van der Waals surface area (Å²) in [5.41, 5.74) is -1.34. The predicted octanol–water partition coefficient (Wildman–Crippen LogP) is 13.0. The Bertz CT molecular complexity index is 2340. The lowest BCUT2D eigenvalue weighted by atomic mass is 9.78. The van der Waals surface area contributed by atoms with E-state index in [0.29, 0.717) is 22.3 Å². The maximum atomic E-state index is 15.5. The Morgan fingerprint density at radius 3 is 0.848 bits per heavy atom. The zero-order valence-electron chi connectivity index (χ0n) is 40.7. The van der Waals surface area contributed by atoms with Gasteiger partial charge in [0.25, 0.3) is 0 Å². The number of hydrogen-bond donors (Lipinski definition) is 0. The Morgan fingerprint density at radius 2 is 0.606 bits per heavy atom. The minimum absolute atomic E-state index is 0.00970. The average Bonchev–Trinajstić information content (AvgIpc) is 3.19. The van der Waals surface area contributed by atoms with E-state index < -0.39 is 71.0 Å². The first-order valence-electron chi connectivity index (χ1n) is 21.5. The molecule has 4 aromatic rings. The van der Waals surface area contributed by atoms with E-state index in [-0.39, 0.29) is 67.5 Å². The zero-order valence-corrected chi connectivity index (χ0v) is 40.7. The van der Waals surface area contributed by atoms with Crippen LogP contribution in [-0.4, -0.2) is 65.6 Å². The third-order valence-corrected chi connectivity index (χ3v) is 11.7. The van der Waals surface area contributed by atoms with E-state index in [0.717, 1.165) is 0 Å². The first-order valence-corrected chi connectivity index (χ1v) is 21.5. The van der Waals surface area contributed by atoms with E-state index in [4.69, 9.17) is 28.4 Å². The first kappa shape index (κ1) is 51.9. The Hall–Kier alpha value is -5.08. The van der Waals surface area contributed by atoms with Gasteiger partial charge in [0.2, 0.25) is 11.6 Å². The number of halogens is 6. The summed E-state index contributed by atoms with van der Waals surface area (Å²) in [6, 6.07) is 12.8. The average molecular weight is 929 g/mol. The topological polar surface area (TPSA) is 89.5 Å². The van der Waals surface area contributed by atoms with Gasteiger partial charge in [-0.05, 0) is 92.4 Å². The minimum atomic E-state index is -4.88. The molecule has 4 aromatic carbocycles. The lowest BCUT2D eigenvalue weighted by molar-refractivity contribution is -0.182. The number of methoxy groups -OCH3 is 4. The molecule has 66 heavy (non-hydrogen) atoms. The highest BCUT2D eigenvalue weighted by Crippen LogP contribution is 2.51. The number of hydrogen-bond acceptors (Lipinski definition) is 8. The molecule has 0 aromatic heterocycles. The second kappa shape index (κ2) is 18.2. The molecule has 360 valence electrons. The van der Waals surface area contributed by atoms with Crippen molar-refractivity contribution in [2.75, 3.05) is 41.7 Å². The number of fused-ring (bicyclic) bond motifs is 8. The smallest absolute Gasteiger partial charge is 0.411 e. The van der Waals surface area contributed by atoms with Crippen molar-refractivity contribution in [1.29, 1.82) is 0 Å². The van der Waals surface area contributed by atoms with E-state index in [9.17, 15) is 26.3 Å². The first-order chi connectivity index (χ1) is 30.2. The van der Waals surface area contributed by atoms with Gasteiger partial charge in [-0.25, -0.2) is 0 Å². The predicted molar refractivity (Wildman–Crippen MR) is 241 cm³/mol. The van der Waals surface area contributed by atoms with Crippen molar-refractivity contribution in [3.8, 4) is 23.0 Å². The van der Waals surface area contributed by atoms with Gasteiger partial charge < -0.3 is 28.4 Å². The van der Waals surface area contributed by atoms with Crippen LogP contribution in [-0.2, 0) is 31.1 Å².